The van der Waals surface area contributed by atoms with Crippen molar-refractivity contribution in [1.82, 2.24) is 5.32 Å². The Morgan fingerprint density at radius 3 is 2.13 bits per heavy atom. The highest BCUT2D eigenvalue weighted by Crippen LogP contribution is 2.02. The normalized spacial score (nSPS) is 13.9. The molecule has 0 aliphatic carbocycles. The molecule has 3 N–H and O–H groups in total. The fourth-order valence-corrected chi connectivity index (χ4v) is 1.48. The molecule has 0 heterocycles. The van der Waals surface area contributed by atoms with Gasteiger partial charge in [0, 0.05) is 6.04 Å². The molecule has 0 fully saturated rings. The van der Waals surface area contributed by atoms with Gasteiger partial charge in [-0.1, -0.05) is 33.6 Å². The van der Waals surface area contributed by atoms with Gasteiger partial charge in [-0.25, -0.2) is 0 Å². The summed E-state index contributed by atoms with van der Waals surface area (Å²) in [5.74, 6) is 0.00662. The van der Waals surface area contributed by atoms with E-state index >= 15 is 0 Å². The Hall–Kier alpha value is -0.280. The maximum Gasteiger partial charge on any atom is 0.237 e. The molecule has 2 unspecified atom stereocenters. The van der Waals surface area contributed by atoms with Crippen LogP contribution >= 0.6 is 12.4 Å². The van der Waals surface area contributed by atoms with Crippen molar-refractivity contribution in [1.29, 1.82) is 0 Å². The van der Waals surface area contributed by atoms with Crippen molar-refractivity contribution in [3.8, 4) is 0 Å². The molecular formula is C11H25ClN2O. The Bertz CT molecular complexity index is 165. The fourth-order valence-electron chi connectivity index (χ4n) is 1.48. The lowest BCUT2D eigenvalue weighted by molar-refractivity contribution is -0.123. The molecule has 15 heavy (non-hydrogen) atoms. The number of amides is 1. The molecule has 0 aliphatic heterocycles. The van der Waals surface area contributed by atoms with Crippen LogP contribution in [0.15, 0.2) is 0 Å². The smallest absolute Gasteiger partial charge is 0.237 e. The van der Waals surface area contributed by atoms with Gasteiger partial charge in [0.15, 0.2) is 0 Å². The zero-order valence-corrected chi connectivity index (χ0v) is 10.9. The minimum Gasteiger partial charge on any atom is -0.352 e. The first-order valence-electron chi connectivity index (χ1n) is 5.71. The van der Waals surface area contributed by atoms with Gasteiger partial charge in [-0.2, -0.15) is 0 Å². The summed E-state index contributed by atoms with van der Waals surface area (Å²) in [5, 5.41) is 2.99. The summed E-state index contributed by atoms with van der Waals surface area (Å²) in [6, 6.07) is -0.0266. The van der Waals surface area contributed by atoms with E-state index in [9.17, 15) is 4.79 Å². The monoisotopic (exact) mass is 236 g/mol. The largest absolute Gasteiger partial charge is 0.352 e. The van der Waals surface area contributed by atoms with Gasteiger partial charge in [0.05, 0.1) is 6.04 Å². The lowest BCUT2D eigenvalue weighted by atomic mass is 10.1. The molecule has 1 amide bonds. The topological polar surface area (TPSA) is 55.1 Å². The molecule has 0 saturated heterocycles. The second-order valence-corrected chi connectivity index (χ2v) is 3.80. The standard InChI is InChI=1S/C11H24N2O.ClH/c1-4-7-9(6-3)13-11(14)10(12)8-5-2;/h9-10H,4-8,12H2,1-3H3,(H,13,14);1H. The molecule has 0 radical (unpaired) electrons. The van der Waals surface area contributed by atoms with Crippen LogP contribution in [0.4, 0.5) is 0 Å². The zero-order valence-electron chi connectivity index (χ0n) is 10.1. The van der Waals surface area contributed by atoms with Crippen LogP contribution in [0.5, 0.6) is 0 Å². The minimum atomic E-state index is -0.328. The third-order valence-electron chi connectivity index (χ3n) is 2.41. The van der Waals surface area contributed by atoms with Crippen LogP contribution in [0.2, 0.25) is 0 Å². The number of carbonyl (C=O) groups excluding carboxylic acids is 1. The fraction of sp³-hybridized carbons (Fsp3) is 0.909. The van der Waals surface area contributed by atoms with Crippen LogP contribution in [0, 0.1) is 0 Å². The molecule has 3 nitrogen and oxygen atoms in total. The predicted molar refractivity (Wildman–Crippen MR) is 67.3 cm³/mol. The van der Waals surface area contributed by atoms with E-state index in [1.165, 1.54) is 0 Å². The highest BCUT2D eigenvalue weighted by Gasteiger charge is 2.15. The summed E-state index contributed by atoms with van der Waals surface area (Å²) in [4.78, 5) is 11.5. The highest BCUT2D eigenvalue weighted by molar-refractivity contribution is 5.85. The zero-order chi connectivity index (χ0) is 11.0. The van der Waals surface area contributed by atoms with Crippen molar-refractivity contribution in [2.24, 2.45) is 5.73 Å². The van der Waals surface area contributed by atoms with E-state index in [0.717, 1.165) is 32.1 Å². The van der Waals surface area contributed by atoms with E-state index in [4.69, 9.17) is 5.73 Å². The summed E-state index contributed by atoms with van der Waals surface area (Å²) < 4.78 is 0. The van der Waals surface area contributed by atoms with Gasteiger partial charge in [0.1, 0.15) is 0 Å². The summed E-state index contributed by atoms with van der Waals surface area (Å²) in [6.07, 6.45) is 4.86. The molecule has 0 aromatic rings. The van der Waals surface area contributed by atoms with Crippen LogP contribution in [0.25, 0.3) is 0 Å². The first-order valence-corrected chi connectivity index (χ1v) is 5.71. The van der Waals surface area contributed by atoms with E-state index in [-0.39, 0.29) is 24.4 Å². The number of carbonyl (C=O) groups is 1. The number of halogens is 1. The maximum atomic E-state index is 11.5. The second-order valence-electron chi connectivity index (χ2n) is 3.80. The van der Waals surface area contributed by atoms with E-state index in [2.05, 4.69) is 19.2 Å². The van der Waals surface area contributed by atoms with Crippen LogP contribution in [-0.2, 0) is 4.79 Å². The summed E-state index contributed by atoms with van der Waals surface area (Å²) in [7, 11) is 0. The molecule has 4 heteroatoms. The average Bonchev–Trinajstić information content (AvgIpc) is 2.17. The quantitative estimate of drug-likeness (QED) is 0.712. The van der Waals surface area contributed by atoms with Gasteiger partial charge in [-0.3, -0.25) is 4.79 Å². The molecule has 0 bridgehead atoms. The van der Waals surface area contributed by atoms with Gasteiger partial charge in [-0.15, -0.1) is 12.4 Å². The molecule has 0 aliphatic rings. The molecule has 2 atom stereocenters. The van der Waals surface area contributed by atoms with Gasteiger partial charge in [0.25, 0.3) is 0 Å². The van der Waals surface area contributed by atoms with Gasteiger partial charge < -0.3 is 11.1 Å². The van der Waals surface area contributed by atoms with Crippen molar-refractivity contribution >= 4 is 18.3 Å². The first-order chi connectivity index (χ1) is 6.65. The molecule has 0 aromatic carbocycles. The highest BCUT2D eigenvalue weighted by atomic mass is 35.5. The van der Waals surface area contributed by atoms with E-state index in [1.807, 2.05) is 6.92 Å². The van der Waals surface area contributed by atoms with Crippen molar-refractivity contribution in [2.45, 2.75) is 65.0 Å². The Balaban J connectivity index is 0. The SMILES string of the molecule is CCCC(CC)NC(=O)C(N)CCC.Cl. The Morgan fingerprint density at radius 1 is 1.20 bits per heavy atom. The second kappa shape index (κ2) is 10.2. The van der Waals surface area contributed by atoms with Gasteiger partial charge >= 0.3 is 0 Å². The first kappa shape index (κ1) is 17.1. The minimum absolute atomic E-state index is 0. The number of nitrogens with one attached hydrogen (secondary N) is 1. The molecule has 0 spiro atoms. The maximum absolute atomic E-state index is 11.5. The van der Waals surface area contributed by atoms with Gasteiger partial charge in [0.2, 0.25) is 5.91 Å². The van der Waals surface area contributed by atoms with Gasteiger partial charge in [-0.05, 0) is 19.3 Å². The summed E-state index contributed by atoms with van der Waals surface area (Å²) in [5.41, 5.74) is 5.71. The lowest BCUT2D eigenvalue weighted by Crippen LogP contribution is -2.45. The Kier molecular flexibility index (Phi) is 11.7. The van der Waals surface area contributed by atoms with E-state index in [1.54, 1.807) is 0 Å². The average molecular weight is 237 g/mol. The third kappa shape index (κ3) is 7.63. The summed E-state index contributed by atoms with van der Waals surface area (Å²) >= 11 is 0. The third-order valence-corrected chi connectivity index (χ3v) is 2.41. The molecular weight excluding hydrogens is 212 g/mol. The predicted octanol–water partition coefficient (Wildman–Crippen LogP) is 2.23. The van der Waals surface area contributed by atoms with Crippen molar-refractivity contribution in [3.63, 3.8) is 0 Å². The summed E-state index contributed by atoms with van der Waals surface area (Å²) in [6.45, 7) is 6.25. The molecule has 0 aromatic heterocycles. The van der Waals surface area contributed by atoms with Crippen molar-refractivity contribution in [3.05, 3.63) is 0 Å². The van der Waals surface area contributed by atoms with Crippen molar-refractivity contribution in [2.75, 3.05) is 0 Å². The van der Waals surface area contributed by atoms with Crippen LogP contribution in [0.1, 0.15) is 52.9 Å². The number of nitrogens with two attached hydrogens (primary N) is 1. The number of rotatable bonds is 7. The molecule has 92 valence electrons. The number of hydrogen-bond donors (Lipinski definition) is 2. The number of hydrogen-bond acceptors (Lipinski definition) is 2. The van der Waals surface area contributed by atoms with Crippen LogP contribution < -0.4 is 11.1 Å². The van der Waals surface area contributed by atoms with E-state index < -0.39 is 0 Å². The van der Waals surface area contributed by atoms with Crippen LogP contribution in [0.3, 0.4) is 0 Å². The van der Waals surface area contributed by atoms with Crippen molar-refractivity contribution < 1.29 is 4.79 Å². The Morgan fingerprint density at radius 2 is 1.73 bits per heavy atom. The van der Waals surface area contributed by atoms with E-state index in [0.29, 0.717) is 6.04 Å². The molecule has 0 saturated carbocycles. The van der Waals surface area contributed by atoms with Crippen LogP contribution in [-0.4, -0.2) is 18.0 Å². The Labute approximate surface area is 99.6 Å². The molecule has 0 rings (SSSR count). The lowest BCUT2D eigenvalue weighted by Gasteiger charge is -2.18.